The Hall–Kier alpha value is -3.18. The Balaban J connectivity index is 2.05. The lowest BCUT2D eigenvalue weighted by molar-refractivity contribution is 0.413. The van der Waals surface area contributed by atoms with Crippen LogP contribution in [0.5, 0.6) is 5.75 Å². The van der Waals surface area contributed by atoms with Crippen molar-refractivity contribution in [1.29, 1.82) is 0 Å². The number of nitrogens with zero attached hydrogens (tertiary/aromatic N) is 2. The third kappa shape index (κ3) is 2.86. The van der Waals surface area contributed by atoms with E-state index >= 15 is 0 Å². The zero-order valence-electron chi connectivity index (χ0n) is 15.1. The van der Waals surface area contributed by atoms with Crippen LogP contribution in [0.4, 0.5) is 0 Å². The number of para-hydroxylation sites is 2. The quantitative estimate of drug-likeness (QED) is 0.514. The van der Waals surface area contributed by atoms with Gasteiger partial charge in [-0.2, -0.15) is 0 Å². The van der Waals surface area contributed by atoms with Gasteiger partial charge in [-0.15, -0.1) is 11.3 Å². The summed E-state index contributed by atoms with van der Waals surface area (Å²) < 4.78 is 7.78. The predicted molar refractivity (Wildman–Crippen MR) is 111 cm³/mol. The van der Waals surface area contributed by atoms with Crippen molar-refractivity contribution >= 4 is 27.1 Å². The number of hydrogen-bond donors (Lipinski definition) is 0. The number of rotatable bonds is 4. The first-order valence-electron chi connectivity index (χ1n) is 8.50. The van der Waals surface area contributed by atoms with Crippen molar-refractivity contribution in [2.24, 2.45) is 0 Å². The minimum atomic E-state index is -0.0876. The van der Waals surface area contributed by atoms with Crippen LogP contribution in [0.2, 0.25) is 0 Å². The van der Waals surface area contributed by atoms with E-state index in [9.17, 15) is 4.79 Å². The van der Waals surface area contributed by atoms with Gasteiger partial charge in [0.2, 0.25) is 0 Å². The molecule has 0 amide bonds. The first kappa shape index (κ1) is 17.2. The molecule has 0 bridgehead atoms. The van der Waals surface area contributed by atoms with E-state index in [-0.39, 0.29) is 5.56 Å². The number of thiophene rings is 1. The van der Waals surface area contributed by atoms with Crippen LogP contribution in [-0.2, 0) is 0 Å². The average Bonchev–Trinajstić information content (AvgIpc) is 3.17. The molecule has 4 nitrogen and oxygen atoms in total. The van der Waals surface area contributed by atoms with Crippen LogP contribution in [0.25, 0.3) is 21.5 Å². The summed E-state index contributed by atoms with van der Waals surface area (Å²) in [7, 11) is 1.62. The second-order valence-corrected chi connectivity index (χ2v) is 7.09. The van der Waals surface area contributed by atoms with E-state index in [4.69, 9.17) is 9.72 Å². The molecule has 0 aliphatic rings. The largest absolute Gasteiger partial charge is 0.496 e. The molecule has 0 radical (unpaired) electrons. The molecule has 0 saturated carbocycles. The number of benzene rings is 2. The van der Waals surface area contributed by atoms with Crippen LogP contribution in [0, 0.1) is 6.92 Å². The van der Waals surface area contributed by atoms with Crippen molar-refractivity contribution in [3.05, 3.63) is 93.9 Å². The van der Waals surface area contributed by atoms with Crippen LogP contribution < -0.4 is 10.3 Å². The lowest BCUT2D eigenvalue weighted by Crippen LogP contribution is -2.23. The van der Waals surface area contributed by atoms with E-state index in [1.165, 1.54) is 11.3 Å². The second kappa shape index (κ2) is 6.85. The molecule has 0 atom stereocenters. The highest BCUT2D eigenvalue weighted by atomic mass is 32.1. The van der Waals surface area contributed by atoms with E-state index in [2.05, 4.69) is 6.58 Å². The molecule has 4 aromatic rings. The van der Waals surface area contributed by atoms with Gasteiger partial charge >= 0.3 is 0 Å². The number of aromatic nitrogens is 2. The van der Waals surface area contributed by atoms with Crippen LogP contribution in [0.15, 0.2) is 71.4 Å². The molecule has 0 fully saturated rings. The molecule has 134 valence electrons. The number of aryl methyl sites for hydroxylation is 1. The number of ether oxygens (including phenoxy) is 1. The van der Waals surface area contributed by atoms with Crippen LogP contribution >= 0.6 is 11.3 Å². The molecule has 0 unspecified atom stereocenters. The predicted octanol–water partition coefficient (Wildman–Crippen LogP) is 4.83. The van der Waals surface area contributed by atoms with Gasteiger partial charge < -0.3 is 4.74 Å². The van der Waals surface area contributed by atoms with Crippen LogP contribution in [-0.4, -0.2) is 16.7 Å². The van der Waals surface area contributed by atoms with E-state index < -0.39 is 0 Å². The third-order valence-electron chi connectivity index (χ3n) is 4.54. The molecule has 0 spiro atoms. The highest BCUT2D eigenvalue weighted by Crippen LogP contribution is 2.31. The Bertz CT molecular complexity index is 1220. The van der Waals surface area contributed by atoms with Crippen molar-refractivity contribution < 1.29 is 4.74 Å². The smallest absolute Gasteiger partial charge is 0.276 e. The van der Waals surface area contributed by atoms with E-state index in [1.54, 1.807) is 11.7 Å². The monoisotopic (exact) mass is 374 g/mol. The van der Waals surface area contributed by atoms with E-state index in [1.807, 2.05) is 66.9 Å². The minimum absolute atomic E-state index is 0.0876. The summed E-state index contributed by atoms with van der Waals surface area (Å²) in [4.78, 5) is 18.1. The summed E-state index contributed by atoms with van der Waals surface area (Å²) in [6, 6.07) is 17.3. The number of hydrogen-bond acceptors (Lipinski definition) is 4. The van der Waals surface area contributed by atoms with E-state index in [0.29, 0.717) is 27.4 Å². The maximum Gasteiger partial charge on any atom is 0.276 e. The van der Waals surface area contributed by atoms with Crippen LogP contribution in [0.1, 0.15) is 17.0 Å². The summed E-state index contributed by atoms with van der Waals surface area (Å²) >= 11 is 1.40. The van der Waals surface area contributed by atoms with Crippen molar-refractivity contribution in [3.63, 3.8) is 0 Å². The Morgan fingerprint density at radius 2 is 1.85 bits per heavy atom. The molecule has 0 aliphatic heterocycles. The maximum absolute atomic E-state index is 13.3. The molecule has 4 rings (SSSR count). The zero-order valence-corrected chi connectivity index (χ0v) is 15.9. The molecule has 27 heavy (non-hydrogen) atoms. The fourth-order valence-corrected chi connectivity index (χ4v) is 3.93. The van der Waals surface area contributed by atoms with E-state index in [0.717, 1.165) is 16.8 Å². The average molecular weight is 374 g/mol. The highest BCUT2D eigenvalue weighted by molar-refractivity contribution is 7.17. The fraction of sp³-hybridized carbons (Fsp3) is 0.0909. The zero-order chi connectivity index (χ0) is 19.0. The number of methoxy groups -OCH3 is 1. The Morgan fingerprint density at radius 3 is 2.63 bits per heavy atom. The Labute approximate surface area is 161 Å². The Morgan fingerprint density at radius 1 is 1.11 bits per heavy atom. The molecular formula is C22H18N2O2S. The fourth-order valence-electron chi connectivity index (χ4n) is 3.17. The van der Waals surface area contributed by atoms with Gasteiger partial charge in [0.1, 0.15) is 16.3 Å². The van der Waals surface area contributed by atoms with Gasteiger partial charge in [0.05, 0.1) is 18.3 Å². The minimum Gasteiger partial charge on any atom is -0.496 e. The van der Waals surface area contributed by atoms with Crippen molar-refractivity contribution in [3.8, 4) is 11.4 Å². The van der Waals surface area contributed by atoms with Crippen molar-refractivity contribution in [2.45, 2.75) is 6.92 Å². The highest BCUT2D eigenvalue weighted by Gasteiger charge is 2.19. The Kier molecular flexibility index (Phi) is 4.38. The molecule has 0 saturated heterocycles. The lowest BCUT2D eigenvalue weighted by Gasteiger charge is -2.17. The summed E-state index contributed by atoms with van der Waals surface area (Å²) in [6.45, 7) is 6.24. The van der Waals surface area contributed by atoms with Gasteiger partial charge in [0.15, 0.2) is 0 Å². The summed E-state index contributed by atoms with van der Waals surface area (Å²) in [5.41, 5.74) is 3.84. The maximum atomic E-state index is 13.3. The molecule has 0 N–H and O–H groups in total. The summed E-state index contributed by atoms with van der Waals surface area (Å²) in [5, 5.41) is 1.89. The van der Waals surface area contributed by atoms with Crippen molar-refractivity contribution in [1.82, 2.24) is 9.55 Å². The summed E-state index contributed by atoms with van der Waals surface area (Å²) in [6.07, 6.45) is 0. The number of fused-ring (bicyclic) bond motifs is 1. The SMILES string of the molecule is C=C(c1ccccc1OC)c1nc2ccsc2c(=O)n1-c1ccccc1C. The van der Waals surface area contributed by atoms with Gasteiger partial charge in [0, 0.05) is 11.1 Å². The summed E-state index contributed by atoms with van der Waals surface area (Å²) in [5.74, 6) is 1.21. The van der Waals surface area contributed by atoms with Gasteiger partial charge in [-0.25, -0.2) is 4.98 Å². The first-order chi connectivity index (χ1) is 13.1. The topological polar surface area (TPSA) is 44.1 Å². The lowest BCUT2D eigenvalue weighted by atomic mass is 10.0. The van der Waals surface area contributed by atoms with Gasteiger partial charge in [-0.05, 0) is 36.1 Å². The van der Waals surface area contributed by atoms with Crippen LogP contribution in [0.3, 0.4) is 0 Å². The standard InChI is InChI=1S/C22H18N2O2S/c1-14-8-4-6-10-18(14)24-21(23-17-12-13-27-20(17)22(24)25)15(2)16-9-5-7-11-19(16)26-3/h4-13H,2H2,1,3H3. The molecule has 0 aliphatic carbocycles. The first-order valence-corrected chi connectivity index (χ1v) is 9.38. The molecular weight excluding hydrogens is 356 g/mol. The molecule has 2 heterocycles. The van der Waals surface area contributed by atoms with Gasteiger partial charge in [0.25, 0.3) is 5.56 Å². The van der Waals surface area contributed by atoms with Gasteiger partial charge in [-0.1, -0.05) is 43.0 Å². The molecule has 5 heteroatoms. The molecule has 2 aromatic carbocycles. The van der Waals surface area contributed by atoms with Crippen molar-refractivity contribution in [2.75, 3.05) is 7.11 Å². The third-order valence-corrected chi connectivity index (χ3v) is 5.43. The molecule has 2 aromatic heterocycles. The second-order valence-electron chi connectivity index (χ2n) is 6.18. The normalized spacial score (nSPS) is 10.9. The van der Waals surface area contributed by atoms with Gasteiger partial charge in [-0.3, -0.25) is 9.36 Å².